The normalized spacial score (nSPS) is 16.2. The number of nitrogens with zero attached hydrogens (tertiary/aromatic N) is 2. The molecule has 1 atom stereocenters. The lowest BCUT2D eigenvalue weighted by Gasteiger charge is -2.28. The second-order valence-corrected chi connectivity index (χ2v) is 5.76. The summed E-state index contributed by atoms with van der Waals surface area (Å²) in [5.41, 5.74) is 1.34. The second kappa shape index (κ2) is 7.24. The molecule has 5 nitrogen and oxygen atoms in total. The molecule has 120 valence electrons. The van der Waals surface area contributed by atoms with Crippen LogP contribution < -0.4 is 5.32 Å². The van der Waals surface area contributed by atoms with E-state index in [0.717, 1.165) is 13.1 Å². The number of rotatable bonds is 6. The molecule has 3 rings (SSSR count). The van der Waals surface area contributed by atoms with Gasteiger partial charge in [0.2, 0.25) is 0 Å². The minimum absolute atomic E-state index is 0.0624. The lowest BCUT2D eigenvalue weighted by atomic mass is 10.1. The van der Waals surface area contributed by atoms with E-state index in [2.05, 4.69) is 39.5 Å². The fourth-order valence-corrected chi connectivity index (χ4v) is 3.04. The highest BCUT2D eigenvalue weighted by Gasteiger charge is 2.23. The lowest BCUT2D eigenvalue weighted by molar-refractivity contribution is 0.0690. The van der Waals surface area contributed by atoms with Crippen LogP contribution in [-0.2, 0) is 0 Å². The molecule has 1 fully saturated rings. The Labute approximate surface area is 136 Å². The second-order valence-electron chi connectivity index (χ2n) is 5.76. The highest BCUT2D eigenvalue weighted by Crippen LogP contribution is 2.25. The van der Waals surface area contributed by atoms with E-state index in [4.69, 9.17) is 5.11 Å². The Morgan fingerprint density at radius 2 is 1.87 bits per heavy atom. The molecule has 0 bridgehead atoms. The van der Waals surface area contributed by atoms with E-state index in [1.165, 1.54) is 24.5 Å². The number of pyridine rings is 1. The van der Waals surface area contributed by atoms with Gasteiger partial charge in [0.25, 0.3) is 0 Å². The van der Waals surface area contributed by atoms with Gasteiger partial charge in [0.05, 0.1) is 6.04 Å². The summed E-state index contributed by atoms with van der Waals surface area (Å²) < 4.78 is 0. The molecule has 0 saturated carbocycles. The monoisotopic (exact) mass is 311 g/mol. The van der Waals surface area contributed by atoms with Crippen LogP contribution in [0.25, 0.3) is 0 Å². The Morgan fingerprint density at radius 1 is 1.13 bits per heavy atom. The number of carbonyl (C=O) groups is 1. The third kappa shape index (κ3) is 3.87. The summed E-state index contributed by atoms with van der Waals surface area (Å²) in [6.07, 6.45) is 2.46. The topological polar surface area (TPSA) is 65.5 Å². The molecule has 0 amide bonds. The molecule has 0 spiro atoms. The van der Waals surface area contributed by atoms with E-state index in [1.54, 1.807) is 12.1 Å². The third-order valence-corrected chi connectivity index (χ3v) is 4.21. The molecule has 1 saturated heterocycles. The average Bonchev–Trinajstić information content (AvgIpc) is 3.11. The summed E-state index contributed by atoms with van der Waals surface area (Å²) in [6, 6.07) is 15.7. The SMILES string of the molecule is O=C(O)c1cccc(NCC(c2ccccc2)N2CCCC2)n1. The first-order valence-electron chi connectivity index (χ1n) is 7.97. The first kappa shape index (κ1) is 15.5. The predicted molar refractivity (Wildman–Crippen MR) is 89.7 cm³/mol. The molecule has 23 heavy (non-hydrogen) atoms. The minimum atomic E-state index is -1.01. The molecule has 1 unspecified atom stereocenters. The molecule has 1 aliphatic heterocycles. The zero-order valence-corrected chi connectivity index (χ0v) is 13.0. The summed E-state index contributed by atoms with van der Waals surface area (Å²) in [6.45, 7) is 2.91. The molecule has 0 aliphatic carbocycles. The number of hydrogen-bond acceptors (Lipinski definition) is 4. The van der Waals surface area contributed by atoms with Crippen LogP contribution in [0, 0.1) is 0 Å². The van der Waals surface area contributed by atoms with E-state index in [1.807, 2.05) is 6.07 Å². The molecule has 2 N–H and O–H groups in total. The van der Waals surface area contributed by atoms with Gasteiger partial charge in [-0.2, -0.15) is 0 Å². The van der Waals surface area contributed by atoms with Crippen LogP contribution in [0.1, 0.15) is 34.9 Å². The van der Waals surface area contributed by atoms with Crippen LogP contribution in [0.4, 0.5) is 5.82 Å². The summed E-state index contributed by atoms with van der Waals surface area (Å²) in [5.74, 6) is -0.405. The van der Waals surface area contributed by atoms with Gasteiger partial charge in [-0.3, -0.25) is 4.90 Å². The van der Waals surface area contributed by atoms with Gasteiger partial charge in [-0.05, 0) is 43.6 Å². The molecule has 1 aromatic carbocycles. The first-order chi connectivity index (χ1) is 11.2. The Kier molecular flexibility index (Phi) is 4.88. The minimum Gasteiger partial charge on any atom is -0.477 e. The highest BCUT2D eigenvalue weighted by molar-refractivity contribution is 5.85. The average molecular weight is 311 g/mol. The van der Waals surface area contributed by atoms with Gasteiger partial charge < -0.3 is 10.4 Å². The molecule has 1 aromatic heterocycles. The summed E-state index contributed by atoms with van der Waals surface area (Å²) in [5, 5.41) is 12.3. The van der Waals surface area contributed by atoms with Crippen molar-refractivity contribution in [3.05, 3.63) is 59.8 Å². The number of aromatic carboxylic acids is 1. The smallest absolute Gasteiger partial charge is 0.354 e. The van der Waals surface area contributed by atoms with Crippen molar-refractivity contribution in [2.24, 2.45) is 0 Å². The maximum absolute atomic E-state index is 11.0. The van der Waals surface area contributed by atoms with Gasteiger partial charge in [0.15, 0.2) is 5.69 Å². The maximum atomic E-state index is 11.0. The fourth-order valence-electron chi connectivity index (χ4n) is 3.04. The maximum Gasteiger partial charge on any atom is 0.354 e. The van der Waals surface area contributed by atoms with Crippen LogP contribution in [0.2, 0.25) is 0 Å². The number of aromatic nitrogens is 1. The molecular formula is C18H21N3O2. The summed E-state index contributed by atoms with van der Waals surface area (Å²) >= 11 is 0. The van der Waals surface area contributed by atoms with Gasteiger partial charge in [-0.15, -0.1) is 0 Å². The van der Waals surface area contributed by atoms with Gasteiger partial charge >= 0.3 is 5.97 Å². The fraction of sp³-hybridized carbons (Fsp3) is 0.333. The molecule has 2 aromatic rings. The van der Waals surface area contributed by atoms with Crippen molar-refractivity contribution >= 4 is 11.8 Å². The molecule has 1 aliphatic rings. The van der Waals surface area contributed by atoms with Crippen molar-refractivity contribution in [1.82, 2.24) is 9.88 Å². The first-order valence-corrected chi connectivity index (χ1v) is 7.97. The Hall–Kier alpha value is -2.40. The number of nitrogens with one attached hydrogen (secondary N) is 1. The van der Waals surface area contributed by atoms with Gasteiger partial charge in [0, 0.05) is 6.54 Å². The zero-order chi connectivity index (χ0) is 16.1. The summed E-state index contributed by atoms with van der Waals surface area (Å²) in [7, 11) is 0. The van der Waals surface area contributed by atoms with Crippen LogP contribution in [0.15, 0.2) is 48.5 Å². The quantitative estimate of drug-likeness (QED) is 0.858. The van der Waals surface area contributed by atoms with Crippen molar-refractivity contribution in [1.29, 1.82) is 0 Å². The van der Waals surface area contributed by atoms with E-state index < -0.39 is 5.97 Å². The van der Waals surface area contributed by atoms with Gasteiger partial charge in [-0.1, -0.05) is 36.4 Å². The standard InChI is InChI=1S/C18H21N3O2/c22-18(23)15-9-6-10-17(20-15)19-13-16(21-11-4-5-12-21)14-7-2-1-3-8-14/h1-3,6-10,16H,4-5,11-13H2,(H,19,20)(H,22,23). The Bertz CT molecular complexity index is 654. The van der Waals surface area contributed by atoms with Crippen LogP contribution in [0.5, 0.6) is 0 Å². The number of carboxylic acid groups (broad SMARTS) is 1. The van der Waals surface area contributed by atoms with E-state index in [9.17, 15) is 4.79 Å². The van der Waals surface area contributed by atoms with Crippen molar-refractivity contribution < 1.29 is 9.90 Å². The van der Waals surface area contributed by atoms with E-state index >= 15 is 0 Å². The van der Waals surface area contributed by atoms with E-state index in [0.29, 0.717) is 12.4 Å². The molecule has 5 heteroatoms. The van der Waals surface area contributed by atoms with Crippen LogP contribution in [0.3, 0.4) is 0 Å². The predicted octanol–water partition coefficient (Wildman–Crippen LogP) is 3.03. The van der Waals surface area contributed by atoms with Gasteiger partial charge in [0.1, 0.15) is 5.82 Å². The highest BCUT2D eigenvalue weighted by atomic mass is 16.4. The van der Waals surface area contributed by atoms with Crippen molar-refractivity contribution in [2.45, 2.75) is 18.9 Å². The molecule has 2 heterocycles. The number of anilines is 1. The Balaban J connectivity index is 1.74. The summed E-state index contributed by atoms with van der Waals surface area (Å²) in [4.78, 5) is 17.6. The van der Waals surface area contributed by atoms with E-state index in [-0.39, 0.29) is 11.7 Å². The number of benzene rings is 1. The van der Waals surface area contributed by atoms with Crippen LogP contribution in [-0.4, -0.2) is 40.6 Å². The van der Waals surface area contributed by atoms with Crippen molar-refractivity contribution in [3.8, 4) is 0 Å². The van der Waals surface area contributed by atoms with Crippen molar-refractivity contribution in [2.75, 3.05) is 25.0 Å². The zero-order valence-electron chi connectivity index (χ0n) is 13.0. The third-order valence-electron chi connectivity index (χ3n) is 4.21. The number of likely N-dealkylation sites (tertiary alicyclic amines) is 1. The Morgan fingerprint density at radius 3 is 2.57 bits per heavy atom. The van der Waals surface area contributed by atoms with Crippen LogP contribution >= 0.6 is 0 Å². The largest absolute Gasteiger partial charge is 0.477 e. The molecule has 0 radical (unpaired) electrons. The lowest BCUT2D eigenvalue weighted by Crippen LogP contribution is -2.31. The number of hydrogen-bond donors (Lipinski definition) is 2. The molecular weight excluding hydrogens is 290 g/mol. The number of carboxylic acids is 1. The van der Waals surface area contributed by atoms with Gasteiger partial charge in [-0.25, -0.2) is 9.78 Å². The van der Waals surface area contributed by atoms with Crippen molar-refractivity contribution in [3.63, 3.8) is 0 Å².